The Morgan fingerprint density at radius 3 is 2.79 bits per heavy atom. The largest absolute Gasteiger partial charge is 0.465 e. The van der Waals surface area contributed by atoms with E-state index in [1.807, 2.05) is 13.8 Å². The number of anilines is 1. The molecule has 1 aromatic heterocycles. The second kappa shape index (κ2) is 7.12. The summed E-state index contributed by atoms with van der Waals surface area (Å²) < 4.78 is 11.4. The van der Waals surface area contributed by atoms with Crippen LogP contribution in [0.15, 0.2) is 9.20 Å². The molecule has 3 heterocycles. The molecule has 0 unspecified atom stereocenters. The number of esters is 1. The number of carbonyl (C=O) groups excluding carboxylic acids is 2. The number of thiophene rings is 1. The van der Waals surface area contributed by atoms with Crippen molar-refractivity contribution in [1.82, 2.24) is 4.90 Å². The molecule has 1 fully saturated rings. The van der Waals surface area contributed by atoms with Gasteiger partial charge in [0.05, 0.1) is 41.3 Å². The van der Waals surface area contributed by atoms with Crippen LogP contribution >= 0.6 is 23.1 Å². The van der Waals surface area contributed by atoms with Gasteiger partial charge in [0.15, 0.2) is 0 Å². The quantitative estimate of drug-likeness (QED) is 0.500. The zero-order valence-electron chi connectivity index (χ0n) is 13.7. The smallest absolute Gasteiger partial charge is 0.350 e. The highest BCUT2D eigenvalue weighted by molar-refractivity contribution is 8.02. The Labute approximate surface area is 148 Å². The number of nitrogens with zero attached hydrogens (tertiary/aromatic N) is 2. The molecule has 1 amide bonds. The topological polar surface area (TPSA) is 80.2 Å². The highest BCUT2D eigenvalue weighted by Crippen LogP contribution is 2.47. The summed E-state index contributed by atoms with van der Waals surface area (Å²) in [5.41, 5.74) is 1.07. The van der Waals surface area contributed by atoms with Crippen molar-refractivity contribution in [2.45, 2.75) is 30.3 Å². The number of hydrogen-bond donors (Lipinski definition) is 1. The van der Waals surface area contributed by atoms with Crippen molar-refractivity contribution in [3.05, 3.63) is 4.88 Å². The number of methoxy groups -OCH3 is 1. The molecule has 1 N–H and O–H groups in total. The first kappa shape index (κ1) is 17.2. The van der Waals surface area contributed by atoms with E-state index in [4.69, 9.17) is 9.47 Å². The fourth-order valence-electron chi connectivity index (χ4n) is 2.73. The summed E-state index contributed by atoms with van der Waals surface area (Å²) in [4.78, 5) is 30.7. The molecule has 2 atom stereocenters. The summed E-state index contributed by atoms with van der Waals surface area (Å²) in [7, 11) is 1.34. The molecule has 7 nitrogen and oxygen atoms in total. The van der Waals surface area contributed by atoms with Crippen LogP contribution in [0.25, 0.3) is 0 Å². The molecule has 2 aliphatic rings. The molecule has 130 valence electrons. The fraction of sp³-hybridized carbons (Fsp3) is 0.533. The van der Waals surface area contributed by atoms with Crippen molar-refractivity contribution in [3.63, 3.8) is 0 Å². The van der Waals surface area contributed by atoms with Crippen molar-refractivity contribution in [2.24, 2.45) is 4.99 Å². The number of carbonyl (C=O) groups is 2. The summed E-state index contributed by atoms with van der Waals surface area (Å²) in [5.74, 6) is -0.192. The first-order chi connectivity index (χ1) is 11.5. The fourth-order valence-corrected chi connectivity index (χ4v) is 4.87. The van der Waals surface area contributed by atoms with Crippen molar-refractivity contribution < 1.29 is 19.1 Å². The van der Waals surface area contributed by atoms with Crippen LogP contribution in [0.4, 0.5) is 11.4 Å². The molecule has 0 bridgehead atoms. The minimum absolute atomic E-state index is 0.0909. The zero-order chi connectivity index (χ0) is 17.3. The molecular formula is C15H19N3O4S2. The van der Waals surface area contributed by atoms with Gasteiger partial charge < -0.3 is 19.7 Å². The third kappa shape index (κ3) is 3.57. The second-order valence-electron chi connectivity index (χ2n) is 5.73. The second-order valence-corrected chi connectivity index (χ2v) is 7.99. The molecule has 0 spiro atoms. The van der Waals surface area contributed by atoms with Gasteiger partial charge in [0.2, 0.25) is 5.91 Å². The molecule has 0 aromatic carbocycles. The highest BCUT2D eigenvalue weighted by Gasteiger charge is 2.28. The molecule has 9 heteroatoms. The standard InChI is InChI=1S/C15H19N3O4S2/c1-8-4-18(5-9(2)22-8)7-16-11-12-15(23-6-10(19)17-12)24-13(11)14(20)21-3/h7-9H,4-6H2,1-3H3,(H,17,19)/t8-,9+. The summed E-state index contributed by atoms with van der Waals surface area (Å²) in [6, 6.07) is 0. The van der Waals surface area contributed by atoms with E-state index in [1.54, 1.807) is 6.34 Å². The third-order valence-electron chi connectivity index (χ3n) is 3.62. The lowest BCUT2D eigenvalue weighted by atomic mass is 10.2. The van der Waals surface area contributed by atoms with Crippen LogP contribution in [0.3, 0.4) is 0 Å². The number of aliphatic imine (C=N–C) groups is 1. The molecule has 1 saturated heterocycles. The molecule has 0 radical (unpaired) electrons. The van der Waals surface area contributed by atoms with Gasteiger partial charge in [-0.25, -0.2) is 9.79 Å². The Kier molecular flexibility index (Phi) is 5.12. The van der Waals surface area contributed by atoms with E-state index in [9.17, 15) is 9.59 Å². The summed E-state index contributed by atoms with van der Waals surface area (Å²) in [5, 5.41) is 2.82. The monoisotopic (exact) mass is 369 g/mol. The van der Waals surface area contributed by atoms with Crippen LogP contribution in [-0.2, 0) is 14.3 Å². The van der Waals surface area contributed by atoms with Crippen molar-refractivity contribution in [3.8, 4) is 0 Å². The Morgan fingerprint density at radius 2 is 2.12 bits per heavy atom. The number of fused-ring (bicyclic) bond motifs is 1. The van der Waals surface area contributed by atoms with Gasteiger partial charge in [-0.15, -0.1) is 23.1 Å². The molecule has 1 aromatic rings. The van der Waals surface area contributed by atoms with Crippen molar-refractivity contribution >= 4 is 52.7 Å². The molecule has 0 aliphatic carbocycles. The van der Waals surface area contributed by atoms with Gasteiger partial charge in [0.1, 0.15) is 10.6 Å². The Morgan fingerprint density at radius 1 is 1.42 bits per heavy atom. The number of ether oxygens (including phenoxy) is 2. The zero-order valence-corrected chi connectivity index (χ0v) is 15.3. The number of morpholine rings is 1. The van der Waals surface area contributed by atoms with Gasteiger partial charge in [-0.3, -0.25) is 4.79 Å². The first-order valence-electron chi connectivity index (χ1n) is 7.59. The third-order valence-corrected chi connectivity index (χ3v) is 6.05. The average Bonchev–Trinajstić information content (AvgIpc) is 2.89. The normalized spacial score (nSPS) is 24.0. The van der Waals surface area contributed by atoms with Crippen LogP contribution in [-0.4, -0.2) is 61.3 Å². The number of nitrogens with one attached hydrogen (secondary N) is 1. The predicted molar refractivity (Wildman–Crippen MR) is 94.7 cm³/mol. The number of rotatable bonds is 3. The van der Waals surface area contributed by atoms with Gasteiger partial charge in [-0.1, -0.05) is 0 Å². The van der Waals surface area contributed by atoms with Gasteiger partial charge in [-0.2, -0.15) is 0 Å². The van der Waals surface area contributed by atoms with E-state index in [-0.39, 0.29) is 18.1 Å². The van der Waals surface area contributed by atoms with E-state index in [1.165, 1.54) is 30.2 Å². The Balaban J connectivity index is 1.91. The minimum atomic E-state index is -0.444. The molecular weight excluding hydrogens is 350 g/mol. The van der Waals surface area contributed by atoms with E-state index in [2.05, 4.69) is 15.2 Å². The molecule has 0 saturated carbocycles. The van der Waals surface area contributed by atoms with Gasteiger partial charge in [0.25, 0.3) is 0 Å². The predicted octanol–water partition coefficient (Wildman–Crippen LogP) is 2.35. The van der Waals surface area contributed by atoms with Crippen molar-refractivity contribution in [1.29, 1.82) is 0 Å². The molecule has 3 rings (SSSR count). The molecule has 24 heavy (non-hydrogen) atoms. The maximum absolute atomic E-state index is 12.0. The van der Waals surface area contributed by atoms with E-state index in [0.29, 0.717) is 22.0 Å². The van der Waals surface area contributed by atoms with Gasteiger partial charge in [0, 0.05) is 13.1 Å². The van der Waals surface area contributed by atoms with Crippen LogP contribution < -0.4 is 5.32 Å². The summed E-state index contributed by atoms with van der Waals surface area (Å²) in [6.07, 6.45) is 1.95. The Hall–Kier alpha value is -1.58. The van der Waals surface area contributed by atoms with Gasteiger partial charge >= 0.3 is 5.97 Å². The van der Waals surface area contributed by atoms with Crippen LogP contribution in [0, 0.1) is 0 Å². The van der Waals surface area contributed by atoms with Crippen molar-refractivity contribution in [2.75, 3.05) is 31.3 Å². The Bertz CT molecular complexity index is 679. The van der Waals surface area contributed by atoms with Crippen LogP contribution in [0.2, 0.25) is 0 Å². The van der Waals surface area contributed by atoms with E-state index in [0.717, 1.165) is 17.3 Å². The number of hydrogen-bond acceptors (Lipinski definition) is 7. The number of amides is 1. The first-order valence-corrected chi connectivity index (χ1v) is 9.39. The summed E-state index contributed by atoms with van der Waals surface area (Å²) in [6.45, 7) is 5.49. The van der Waals surface area contributed by atoms with E-state index >= 15 is 0 Å². The highest BCUT2D eigenvalue weighted by atomic mass is 32.2. The average molecular weight is 369 g/mol. The maximum Gasteiger partial charge on any atom is 0.350 e. The lowest BCUT2D eigenvalue weighted by Gasteiger charge is -2.33. The maximum atomic E-state index is 12.0. The van der Waals surface area contributed by atoms with Gasteiger partial charge in [-0.05, 0) is 13.8 Å². The van der Waals surface area contributed by atoms with Crippen LogP contribution in [0.5, 0.6) is 0 Å². The lowest BCUT2D eigenvalue weighted by molar-refractivity contribution is -0.113. The minimum Gasteiger partial charge on any atom is -0.465 e. The number of thioether (sulfide) groups is 1. The molecule has 2 aliphatic heterocycles. The summed E-state index contributed by atoms with van der Waals surface area (Å²) >= 11 is 2.71. The lowest BCUT2D eigenvalue weighted by Crippen LogP contribution is -2.44. The SMILES string of the molecule is COC(=O)c1sc2c(c1N=CN1C[C@@H](C)O[C@@H](C)C1)NC(=O)CS2. The van der Waals surface area contributed by atoms with E-state index < -0.39 is 5.97 Å². The van der Waals surface area contributed by atoms with Crippen LogP contribution in [0.1, 0.15) is 23.5 Å².